The standard InChI is InChI=1S/C32H24/c1-25-3-7-27(8-4-25)11-13-29-15-19-31(20-16-29)23-24-32-21-17-30(18-22-32)14-12-28-9-5-26(2)6-10-28/h3-10,15-24H,1-2H3/b24-23+. The Labute approximate surface area is 191 Å². The molecule has 0 bridgehead atoms. The van der Waals surface area contributed by atoms with E-state index in [0.717, 1.165) is 33.4 Å². The van der Waals surface area contributed by atoms with Gasteiger partial charge in [-0.25, -0.2) is 0 Å². The second kappa shape index (κ2) is 10.2. The molecule has 0 nitrogen and oxygen atoms in total. The second-order valence-electron chi connectivity index (χ2n) is 7.81. The maximum atomic E-state index is 3.23. The van der Waals surface area contributed by atoms with Gasteiger partial charge in [0.1, 0.15) is 0 Å². The van der Waals surface area contributed by atoms with Crippen molar-refractivity contribution in [2.24, 2.45) is 0 Å². The SMILES string of the molecule is Cc1ccc(C#Cc2ccc(/C=C/c3ccc(C#Cc4ccc(C)cc4)cc3)cc2)cc1. The highest BCUT2D eigenvalue weighted by Gasteiger charge is 1.93. The van der Waals surface area contributed by atoms with Crippen LogP contribution in [0.5, 0.6) is 0 Å². The molecule has 0 aromatic heterocycles. The number of rotatable bonds is 2. The van der Waals surface area contributed by atoms with E-state index in [1.165, 1.54) is 11.1 Å². The average Bonchev–Trinajstić information content (AvgIpc) is 2.83. The first kappa shape index (κ1) is 21.0. The van der Waals surface area contributed by atoms with E-state index in [2.05, 4.69) is 147 Å². The molecule has 0 saturated carbocycles. The quantitative estimate of drug-likeness (QED) is 0.242. The summed E-state index contributed by atoms with van der Waals surface area (Å²) in [6.45, 7) is 4.16. The molecule has 152 valence electrons. The van der Waals surface area contributed by atoms with Crippen LogP contribution in [0.3, 0.4) is 0 Å². The summed E-state index contributed by atoms with van der Waals surface area (Å²) in [7, 11) is 0. The zero-order valence-corrected chi connectivity index (χ0v) is 18.4. The molecule has 0 aliphatic heterocycles. The van der Waals surface area contributed by atoms with Gasteiger partial charge in [0.2, 0.25) is 0 Å². The molecular weight excluding hydrogens is 384 g/mol. The molecule has 0 amide bonds. The monoisotopic (exact) mass is 408 g/mol. The molecule has 4 aromatic carbocycles. The molecule has 0 unspecified atom stereocenters. The summed E-state index contributed by atoms with van der Waals surface area (Å²) in [4.78, 5) is 0. The van der Waals surface area contributed by atoms with E-state index < -0.39 is 0 Å². The Morgan fingerprint density at radius 2 is 0.625 bits per heavy atom. The molecule has 0 heteroatoms. The molecule has 0 radical (unpaired) electrons. The Balaban J connectivity index is 1.38. The lowest BCUT2D eigenvalue weighted by Crippen LogP contribution is -1.79. The van der Waals surface area contributed by atoms with Gasteiger partial charge in [-0.3, -0.25) is 0 Å². The van der Waals surface area contributed by atoms with Crippen LogP contribution in [0, 0.1) is 37.5 Å². The minimum atomic E-state index is 1.01. The van der Waals surface area contributed by atoms with Crippen molar-refractivity contribution in [3.63, 3.8) is 0 Å². The lowest BCUT2D eigenvalue weighted by Gasteiger charge is -1.97. The van der Waals surface area contributed by atoms with Crippen molar-refractivity contribution in [2.75, 3.05) is 0 Å². The molecule has 4 rings (SSSR count). The van der Waals surface area contributed by atoms with Gasteiger partial charge in [0, 0.05) is 22.3 Å². The van der Waals surface area contributed by atoms with Crippen molar-refractivity contribution >= 4 is 12.2 Å². The summed E-state index contributed by atoms with van der Waals surface area (Å²) in [6.07, 6.45) is 4.23. The van der Waals surface area contributed by atoms with Crippen LogP contribution in [0.15, 0.2) is 97.1 Å². The zero-order chi connectivity index (χ0) is 22.2. The topological polar surface area (TPSA) is 0 Å². The Bertz CT molecular complexity index is 1220. The van der Waals surface area contributed by atoms with Crippen LogP contribution in [-0.4, -0.2) is 0 Å². The van der Waals surface area contributed by atoms with Crippen LogP contribution in [-0.2, 0) is 0 Å². The van der Waals surface area contributed by atoms with Gasteiger partial charge in [0.15, 0.2) is 0 Å². The molecule has 0 spiro atoms. The Morgan fingerprint density at radius 3 is 0.906 bits per heavy atom. The summed E-state index contributed by atoms with van der Waals surface area (Å²) < 4.78 is 0. The highest BCUT2D eigenvalue weighted by molar-refractivity contribution is 5.70. The van der Waals surface area contributed by atoms with E-state index in [1.54, 1.807) is 0 Å². The molecule has 32 heavy (non-hydrogen) atoms. The van der Waals surface area contributed by atoms with Gasteiger partial charge in [-0.15, -0.1) is 0 Å². The van der Waals surface area contributed by atoms with Gasteiger partial charge in [0.05, 0.1) is 0 Å². The Hall–Kier alpha value is -4.26. The lowest BCUT2D eigenvalue weighted by atomic mass is 10.1. The van der Waals surface area contributed by atoms with E-state index in [9.17, 15) is 0 Å². The molecule has 0 fully saturated rings. The van der Waals surface area contributed by atoms with Crippen LogP contribution in [0.4, 0.5) is 0 Å². The summed E-state index contributed by atoms with van der Waals surface area (Å²) >= 11 is 0. The first-order valence-electron chi connectivity index (χ1n) is 10.7. The third-order valence-electron chi connectivity index (χ3n) is 5.10. The van der Waals surface area contributed by atoms with Crippen molar-refractivity contribution in [3.8, 4) is 23.7 Å². The van der Waals surface area contributed by atoms with E-state index in [-0.39, 0.29) is 0 Å². The zero-order valence-electron chi connectivity index (χ0n) is 18.4. The predicted molar refractivity (Wildman–Crippen MR) is 136 cm³/mol. The Morgan fingerprint density at radius 1 is 0.375 bits per heavy atom. The Kier molecular flexibility index (Phi) is 6.67. The minimum absolute atomic E-state index is 1.01. The van der Waals surface area contributed by atoms with Gasteiger partial charge < -0.3 is 0 Å². The van der Waals surface area contributed by atoms with Crippen molar-refractivity contribution in [2.45, 2.75) is 13.8 Å². The third-order valence-corrected chi connectivity index (χ3v) is 5.10. The fourth-order valence-electron chi connectivity index (χ4n) is 3.11. The summed E-state index contributed by atoms with van der Waals surface area (Å²) in [6, 6.07) is 33.2. The molecular formula is C32H24. The van der Waals surface area contributed by atoms with Crippen molar-refractivity contribution in [3.05, 3.63) is 142 Å². The average molecular weight is 409 g/mol. The lowest BCUT2D eigenvalue weighted by molar-refractivity contribution is 1.46. The van der Waals surface area contributed by atoms with Crippen LogP contribution >= 0.6 is 0 Å². The summed E-state index contributed by atoms with van der Waals surface area (Å²) in [5, 5.41) is 0. The second-order valence-corrected chi connectivity index (χ2v) is 7.81. The highest BCUT2D eigenvalue weighted by atomic mass is 14.0. The van der Waals surface area contributed by atoms with Crippen LogP contribution in [0.1, 0.15) is 44.5 Å². The number of benzene rings is 4. The molecule has 0 aliphatic rings. The van der Waals surface area contributed by atoms with Crippen LogP contribution in [0.25, 0.3) is 12.2 Å². The normalized spacial score (nSPS) is 10.2. The van der Waals surface area contributed by atoms with Gasteiger partial charge >= 0.3 is 0 Å². The molecule has 4 aromatic rings. The molecule has 0 heterocycles. The highest BCUT2D eigenvalue weighted by Crippen LogP contribution is 2.11. The molecule has 0 atom stereocenters. The number of hydrogen-bond acceptors (Lipinski definition) is 0. The van der Waals surface area contributed by atoms with Crippen LogP contribution in [0.2, 0.25) is 0 Å². The third kappa shape index (κ3) is 6.12. The van der Waals surface area contributed by atoms with E-state index in [4.69, 9.17) is 0 Å². The first-order chi connectivity index (χ1) is 15.6. The van der Waals surface area contributed by atoms with Crippen molar-refractivity contribution in [1.82, 2.24) is 0 Å². The van der Waals surface area contributed by atoms with E-state index in [0.29, 0.717) is 0 Å². The maximum Gasteiger partial charge on any atom is 0.0249 e. The fourth-order valence-corrected chi connectivity index (χ4v) is 3.11. The first-order valence-corrected chi connectivity index (χ1v) is 10.7. The predicted octanol–water partition coefficient (Wildman–Crippen LogP) is 7.27. The van der Waals surface area contributed by atoms with Gasteiger partial charge in [-0.1, -0.05) is 95.5 Å². The number of hydrogen-bond donors (Lipinski definition) is 0. The van der Waals surface area contributed by atoms with Gasteiger partial charge in [-0.05, 0) is 73.5 Å². The fraction of sp³-hybridized carbons (Fsp3) is 0.0625. The van der Waals surface area contributed by atoms with Gasteiger partial charge in [0.25, 0.3) is 0 Å². The molecule has 0 N–H and O–H groups in total. The largest absolute Gasteiger partial charge is 0.0617 e. The summed E-state index contributed by atoms with van der Waals surface area (Å²) in [5.41, 5.74) is 8.88. The van der Waals surface area contributed by atoms with Crippen LogP contribution < -0.4 is 0 Å². The molecule has 0 saturated heterocycles. The minimum Gasteiger partial charge on any atom is -0.0617 e. The molecule has 0 aliphatic carbocycles. The maximum absolute atomic E-state index is 3.23. The number of aryl methyl sites for hydroxylation is 2. The van der Waals surface area contributed by atoms with Crippen molar-refractivity contribution < 1.29 is 0 Å². The smallest absolute Gasteiger partial charge is 0.0249 e. The van der Waals surface area contributed by atoms with E-state index in [1.807, 2.05) is 0 Å². The summed E-state index contributed by atoms with van der Waals surface area (Å²) in [5.74, 6) is 12.9. The van der Waals surface area contributed by atoms with Gasteiger partial charge in [-0.2, -0.15) is 0 Å². The van der Waals surface area contributed by atoms with Crippen molar-refractivity contribution in [1.29, 1.82) is 0 Å². The van der Waals surface area contributed by atoms with E-state index >= 15 is 0 Å².